The number of hydrogen-bond donors (Lipinski definition) is 2. The zero-order valence-electron chi connectivity index (χ0n) is 16.8. The minimum Gasteiger partial charge on any atom is -0.493 e. The predicted molar refractivity (Wildman–Crippen MR) is 106 cm³/mol. The maximum Gasteiger partial charge on any atom is 0.191 e. The molecule has 0 radical (unpaired) electrons. The van der Waals surface area contributed by atoms with Gasteiger partial charge >= 0.3 is 0 Å². The fourth-order valence-corrected chi connectivity index (χ4v) is 2.62. The summed E-state index contributed by atoms with van der Waals surface area (Å²) in [7, 11) is 3.74. The van der Waals surface area contributed by atoms with Crippen molar-refractivity contribution in [2.24, 2.45) is 18.0 Å². The van der Waals surface area contributed by atoms with E-state index >= 15 is 0 Å². The van der Waals surface area contributed by atoms with Gasteiger partial charge < -0.3 is 15.4 Å². The van der Waals surface area contributed by atoms with Crippen molar-refractivity contribution in [2.75, 3.05) is 13.7 Å². The Morgan fingerprint density at radius 3 is 2.35 bits per heavy atom. The average molecular weight is 358 g/mol. The summed E-state index contributed by atoms with van der Waals surface area (Å²) in [6.07, 6.45) is 0. The maximum atomic E-state index is 5.72. The van der Waals surface area contributed by atoms with Crippen molar-refractivity contribution in [3.05, 3.63) is 46.8 Å². The Morgan fingerprint density at radius 1 is 1.15 bits per heavy atom. The molecule has 142 valence electrons. The molecule has 0 amide bonds. The van der Waals surface area contributed by atoms with Crippen LogP contribution < -0.4 is 15.4 Å². The molecule has 2 aromatic rings. The smallest absolute Gasteiger partial charge is 0.191 e. The Labute approximate surface area is 156 Å². The van der Waals surface area contributed by atoms with Gasteiger partial charge in [0, 0.05) is 38.4 Å². The van der Waals surface area contributed by atoms with Gasteiger partial charge in [0.1, 0.15) is 5.75 Å². The van der Waals surface area contributed by atoms with E-state index in [1.807, 2.05) is 30.8 Å². The van der Waals surface area contributed by atoms with Gasteiger partial charge in [0.15, 0.2) is 5.96 Å². The van der Waals surface area contributed by atoms with Crippen LogP contribution >= 0.6 is 0 Å². The van der Waals surface area contributed by atoms with Gasteiger partial charge in [-0.2, -0.15) is 5.10 Å². The van der Waals surface area contributed by atoms with E-state index in [-0.39, 0.29) is 0 Å². The van der Waals surface area contributed by atoms with Crippen molar-refractivity contribution < 1.29 is 4.74 Å². The third kappa shape index (κ3) is 5.51. The second-order valence-electron chi connectivity index (χ2n) is 6.90. The van der Waals surface area contributed by atoms with Crippen molar-refractivity contribution in [2.45, 2.75) is 40.8 Å². The van der Waals surface area contributed by atoms with Crippen molar-refractivity contribution >= 4 is 5.96 Å². The highest BCUT2D eigenvalue weighted by Crippen LogP contribution is 2.13. The lowest BCUT2D eigenvalue weighted by Gasteiger charge is -2.13. The Bertz CT molecular complexity index is 731. The highest BCUT2D eigenvalue weighted by molar-refractivity contribution is 5.79. The standard InChI is InChI=1S/C20H31N5O/c1-14(2)13-26-18-9-7-17(8-10-18)11-22-20(21-5)23-12-19-15(3)24-25(6)16(19)4/h7-10,14H,11-13H2,1-6H3,(H2,21,22,23). The van der Waals surface area contributed by atoms with Crippen LogP contribution in [0.25, 0.3) is 0 Å². The zero-order valence-corrected chi connectivity index (χ0v) is 16.8. The Kier molecular flexibility index (Phi) is 7.06. The predicted octanol–water partition coefficient (Wildman–Crippen LogP) is 2.94. The molecule has 0 aliphatic rings. The monoisotopic (exact) mass is 357 g/mol. The molecule has 0 fully saturated rings. The number of rotatable bonds is 7. The topological polar surface area (TPSA) is 63.5 Å². The summed E-state index contributed by atoms with van der Waals surface area (Å²) in [5, 5.41) is 11.1. The minimum absolute atomic E-state index is 0.526. The number of hydrogen-bond acceptors (Lipinski definition) is 3. The zero-order chi connectivity index (χ0) is 19.1. The molecule has 1 aromatic heterocycles. The number of guanidine groups is 1. The number of benzene rings is 1. The summed E-state index contributed by atoms with van der Waals surface area (Å²) >= 11 is 0. The Hall–Kier alpha value is -2.50. The minimum atomic E-state index is 0.526. The van der Waals surface area contributed by atoms with Crippen molar-refractivity contribution in [1.29, 1.82) is 0 Å². The third-order valence-electron chi connectivity index (χ3n) is 4.28. The lowest BCUT2D eigenvalue weighted by molar-refractivity contribution is 0.271. The van der Waals surface area contributed by atoms with Gasteiger partial charge in [-0.15, -0.1) is 0 Å². The SMILES string of the molecule is CN=C(NCc1ccc(OCC(C)C)cc1)NCc1c(C)nn(C)c1C. The van der Waals surface area contributed by atoms with Crippen LogP contribution in [-0.2, 0) is 20.1 Å². The number of aliphatic imine (C=N–C) groups is 1. The van der Waals surface area contributed by atoms with Crippen molar-refractivity contribution in [3.8, 4) is 5.75 Å². The van der Waals surface area contributed by atoms with Crippen LogP contribution in [0.2, 0.25) is 0 Å². The highest BCUT2D eigenvalue weighted by Gasteiger charge is 2.09. The van der Waals surface area contributed by atoms with Gasteiger partial charge in [0.2, 0.25) is 0 Å². The van der Waals surface area contributed by atoms with Crippen LogP contribution in [0.1, 0.15) is 36.4 Å². The molecule has 2 N–H and O–H groups in total. The quantitative estimate of drug-likeness (QED) is 0.591. The molecule has 6 heteroatoms. The van der Waals surface area contributed by atoms with E-state index < -0.39 is 0 Å². The molecule has 0 saturated carbocycles. The van der Waals surface area contributed by atoms with E-state index in [0.29, 0.717) is 19.0 Å². The first-order valence-electron chi connectivity index (χ1n) is 9.06. The van der Waals surface area contributed by atoms with E-state index in [1.54, 1.807) is 7.05 Å². The summed E-state index contributed by atoms with van der Waals surface area (Å²) in [5.41, 5.74) is 4.60. The van der Waals surface area contributed by atoms with Crippen molar-refractivity contribution in [3.63, 3.8) is 0 Å². The van der Waals surface area contributed by atoms with Crippen LogP contribution in [0.15, 0.2) is 29.3 Å². The molecule has 0 aliphatic carbocycles. The van der Waals surface area contributed by atoms with E-state index in [1.165, 1.54) is 16.8 Å². The van der Waals surface area contributed by atoms with Crippen LogP contribution in [0.3, 0.4) is 0 Å². The largest absolute Gasteiger partial charge is 0.493 e. The lowest BCUT2D eigenvalue weighted by Crippen LogP contribution is -2.36. The van der Waals surface area contributed by atoms with Gasteiger partial charge in [-0.1, -0.05) is 26.0 Å². The summed E-state index contributed by atoms with van der Waals surface area (Å²) in [5.74, 6) is 2.21. The van der Waals surface area contributed by atoms with E-state index in [0.717, 1.165) is 24.0 Å². The molecular weight excluding hydrogens is 326 g/mol. The Balaban J connectivity index is 1.85. The summed E-state index contributed by atoms with van der Waals surface area (Å²) in [6, 6.07) is 8.17. The first kappa shape index (κ1) is 19.8. The maximum absolute atomic E-state index is 5.72. The first-order valence-corrected chi connectivity index (χ1v) is 9.06. The number of ether oxygens (including phenoxy) is 1. The molecule has 26 heavy (non-hydrogen) atoms. The Morgan fingerprint density at radius 2 is 1.81 bits per heavy atom. The summed E-state index contributed by atoms with van der Waals surface area (Å²) in [4.78, 5) is 4.29. The number of aromatic nitrogens is 2. The molecular formula is C20H31N5O. The van der Waals surface area contributed by atoms with Crippen molar-refractivity contribution in [1.82, 2.24) is 20.4 Å². The fourth-order valence-electron chi connectivity index (χ4n) is 2.62. The number of aryl methyl sites for hydroxylation is 2. The normalized spacial score (nSPS) is 11.7. The molecule has 0 unspecified atom stereocenters. The fraction of sp³-hybridized carbons (Fsp3) is 0.500. The molecule has 0 saturated heterocycles. The van der Waals surface area contributed by atoms with E-state index in [9.17, 15) is 0 Å². The van der Waals surface area contributed by atoms with E-state index in [2.05, 4.69) is 53.6 Å². The van der Waals surface area contributed by atoms with Gasteiger partial charge in [-0.3, -0.25) is 9.67 Å². The highest BCUT2D eigenvalue weighted by atomic mass is 16.5. The van der Waals surface area contributed by atoms with Gasteiger partial charge in [-0.05, 0) is 37.5 Å². The lowest BCUT2D eigenvalue weighted by atomic mass is 10.2. The van der Waals surface area contributed by atoms with Gasteiger partial charge in [-0.25, -0.2) is 0 Å². The molecule has 1 aromatic carbocycles. The molecule has 0 atom stereocenters. The molecule has 0 bridgehead atoms. The molecule has 0 spiro atoms. The third-order valence-corrected chi connectivity index (χ3v) is 4.28. The van der Waals surface area contributed by atoms with Crippen LogP contribution in [0.5, 0.6) is 5.75 Å². The summed E-state index contributed by atoms with van der Waals surface area (Å²) < 4.78 is 7.62. The first-order chi connectivity index (χ1) is 12.4. The number of nitrogens with zero attached hydrogens (tertiary/aromatic N) is 3. The van der Waals surface area contributed by atoms with Crippen LogP contribution in [0.4, 0.5) is 0 Å². The second-order valence-corrected chi connectivity index (χ2v) is 6.90. The number of nitrogens with one attached hydrogen (secondary N) is 2. The van der Waals surface area contributed by atoms with Crippen LogP contribution in [-0.4, -0.2) is 29.4 Å². The summed E-state index contributed by atoms with van der Waals surface area (Å²) in [6.45, 7) is 10.5. The van der Waals surface area contributed by atoms with Gasteiger partial charge in [0.25, 0.3) is 0 Å². The van der Waals surface area contributed by atoms with E-state index in [4.69, 9.17) is 4.74 Å². The average Bonchev–Trinajstić information content (AvgIpc) is 2.86. The van der Waals surface area contributed by atoms with Crippen LogP contribution in [0, 0.1) is 19.8 Å². The molecule has 2 rings (SSSR count). The molecule has 1 heterocycles. The second kappa shape index (κ2) is 9.27. The van der Waals surface area contributed by atoms with Gasteiger partial charge in [0.05, 0.1) is 12.3 Å². The molecule has 0 aliphatic heterocycles. The molecule has 6 nitrogen and oxygen atoms in total.